The van der Waals surface area contributed by atoms with Crippen molar-refractivity contribution in [1.29, 1.82) is 0 Å². The van der Waals surface area contributed by atoms with E-state index in [4.69, 9.17) is 9.47 Å². The minimum Gasteiger partial charge on any atom is -0.493 e. The van der Waals surface area contributed by atoms with E-state index < -0.39 is 12.1 Å². The van der Waals surface area contributed by atoms with Crippen LogP contribution in [0.1, 0.15) is 44.5 Å². The quantitative estimate of drug-likeness (QED) is 0.847. The summed E-state index contributed by atoms with van der Waals surface area (Å²) >= 11 is 0. The van der Waals surface area contributed by atoms with E-state index >= 15 is 0 Å². The number of piperazine rings is 1. The molecule has 0 spiro atoms. The second kappa shape index (κ2) is 6.72. The zero-order valence-electron chi connectivity index (χ0n) is 17.0. The molecular weight excluding hydrogens is 358 g/mol. The smallest absolute Gasteiger partial charge is 0.246 e. The summed E-state index contributed by atoms with van der Waals surface area (Å²) in [4.78, 5) is 31.0. The van der Waals surface area contributed by atoms with Gasteiger partial charge in [0.15, 0.2) is 11.5 Å². The largest absolute Gasteiger partial charge is 0.493 e. The molecule has 2 N–H and O–H groups in total. The maximum absolute atomic E-state index is 13.0. The van der Waals surface area contributed by atoms with E-state index in [2.05, 4.69) is 24.1 Å². The summed E-state index contributed by atoms with van der Waals surface area (Å²) in [6.45, 7) is 6.02. The van der Waals surface area contributed by atoms with Gasteiger partial charge in [0.1, 0.15) is 12.1 Å². The van der Waals surface area contributed by atoms with Crippen LogP contribution in [0.15, 0.2) is 12.1 Å². The molecule has 3 atom stereocenters. The molecule has 1 unspecified atom stereocenters. The first-order valence-corrected chi connectivity index (χ1v) is 9.74. The van der Waals surface area contributed by atoms with Crippen molar-refractivity contribution in [3.8, 4) is 11.5 Å². The van der Waals surface area contributed by atoms with E-state index in [1.54, 1.807) is 26.0 Å². The molecule has 0 saturated carbocycles. The number of rotatable bonds is 4. The fourth-order valence-corrected chi connectivity index (χ4v) is 4.55. The highest BCUT2D eigenvalue weighted by atomic mass is 16.5. The first-order valence-electron chi connectivity index (χ1n) is 9.74. The zero-order valence-corrected chi connectivity index (χ0v) is 17.0. The van der Waals surface area contributed by atoms with Crippen LogP contribution in [0.5, 0.6) is 11.5 Å². The number of nitrogens with zero attached hydrogens (tertiary/aromatic N) is 1. The average Bonchev–Trinajstić information content (AvgIpc) is 3.02. The van der Waals surface area contributed by atoms with Crippen LogP contribution in [0, 0.1) is 5.92 Å². The van der Waals surface area contributed by atoms with Crippen LogP contribution in [0.25, 0.3) is 10.9 Å². The molecule has 3 heterocycles. The maximum Gasteiger partial charge on any atom is 0.246 e. The molecular formula is C21H27N3O4. The highest BCUT2D eigenvalue weighted by molar-refractivity contribution is 5.99. The second-order valence-corrected chi connectivity index (χ2v) is 8.11. The van der Waals surface area contributed by atoms with Crippen molar-refractivity contribution < 1.29 is 19.1 Å². The molecule has 1 aromatic heterocycles. The third kappa shape index (κ3) is 2.72. The van der Waals surface area contributed by atoms with Gasteiger partial charge in [-0.3, -0.25) is 9.59 Å². The molecule has 2 aromatic rings. The lowest BCUT2D eigenvalue weighted by molar-refractivity contribution is -0.153. The van der Waals surface area contributed by atoms with Crippen LogP contribution in [0.2, 0.25) is 0 Å². The van der Waals surface area contributed by atoms with Crippen LogP contribution in [-0.4, -0.2) is 48.0 Å². The molecule has 0 aliphatic carbocycles. The van der Waals surface area contributed by atoms with Crippen LogP contribution in [0.4, 0.5) is 0 Å². The number of H-pyrrole nitrogens is 1. The predicted octanol–water partition coefficient (Wildman–Crippen LogP) is 2.54. The monoisotopic (exact) mass is 385 g/mol. The Hall–Kier alpha value is -2.70. The highest BCUT2D eigenvalue weighted by Gasteiger charge is 2.47. The van der Waals surface area contributed by atoms with Gasteiger partial charge < -0.3 is 24.7 Å². The Labute approximate surface area is 164 Å². The van der Waals surface area contributed by atoms with Gasteiger partial charge in [0.25, 0.3) is 0 Å². The van der Waals surface area contributed by atoms with Gasteiger partial charge in [0.2, 0.25) is 11.8 Å². The summed E-state index contributed by atoms with van der Waals surface area (Å²) in [5, 5.41) is 3.84. The van der Waals surface area contributed by atoms with E-state index in [1.165, 1.54) is 0 Å². The van der Waals surface area contributed by atoms with Gasteiger partial charge >= 0.3 is 0 Å². The minimum absolute atomic E-state index is 0.0188. The summed E-state index contributed by atoms with van der Waals surface area (Å²) in [5.74, 6) is 1.57. The fraction of sp³-hybridized carbons (Fsp3) is 0.524. The number of benzene rings is 1. The van der Waals surface area contributed by atoms with Gasteiger partial charge in [-0.2, -0.15) is 0 Å². The van der Waals surface area contributed by atoms with Gasteiger partial charge in [-0.25, -0.2) is 0 Å². The molecule has 7 heteroatoms. The number of hydrogen-bond donors (Lipinski definition) is 2. The van der Waals surface area contributed by atoms with Gasteiger partial charge in [0.05, 0.1) is 20.3 Å². The summed E-state index contributed by atoms with van der Waals surface area (Å²) < 4.78 is 10.9. The minimum atomic E-state index is -0.496. The Balaban J connectivity index is 1.92. The third-order valence-corrected chi connectivity index (χ3v) is 5.83. The lowest BCUT2D eigenvalue weighted by Crippen LogP contribution is -2.65. The van der Waals surface area contributed by atoms with Crippen molar-refractivity contribution in [2.24, 2.45) is 5.92 Å². The molecule has 4 rings (SSSR count). The van der Waals surface area contributed by atoms with Gasteiger partial charge in [-0.15, -0.1) is 0 Å². The van der Waals surface area contributed by atoms with Crippen LogP contribution >= 0.6 is 0 Å². The number of carbonyl (C=O) groups excluding carboxylic acids is 2. The summed E-state index contributed by atoms with van der Waals surface area (Å²) in [7, 11) is 3.22. The van der Waals surface area contributed by atoms with Gasteiger partial charge in [-0.05, 0) is 30.9 Å². The fourth-order valence-electron chi connectivity index (χ4n) is 4.55. The summed E-state index contributed by atoms with van der Waals surface area (Å²) in [6, 6.07) is 2.75. The Morgan fingerprint density at radius 2 is 1.86 bits per heavy atom. The molecule has 2 aliphatic rings. The molecule has 28 heavy (non-hydrogen) atoms. The Morgan fingerprint density at radius 1 is 1.18 bits per heavy atom. The SMILES string of the molecule is COc1cc2[nH]c3c(c2cc1OC)C[C@@H]1C(=O)N[C@@H](C)C(=O)N1C3CC(C)C. The molecule has 1 fully saturated rings. The van der Waals surface area contributed by atoms with Crippen molar-refractivity contribution in [2.75, 3.05) is 14.2 Å². The Morgan fingerprint density at radius 3 is 2.50 bits per heavy atom. The zero-order chi connectivity index (χ0) is 20.2. The van der Waals surface area contributed by atoms with Crippen LogP contribution < -0.4 is 14.8 Å². The molecule has 2 amide bonds. The molecule has 7 nitrogen and oxygen atoms in total. The molecule has 1 aromatic carbocycles. The second-order valence-electron chi connectivity index (χ2n) is 8.11. The molecule has 2 aliphatic heterocycles. The van der Waals surface area contributed by atoms with E-state index in [-0.39, 0.29) is 17.9 Å². The topological polar surface area (TPSA) is 83.7 Å². The van der Waals surface area contributed by atoms with Crippen molar-refractivity contribution in [3.63, 3.8) is 0 Å². The predicted molar refractivity (Wildman–Crippen MR) is 106 cm³/mol. The third-order valence-electron chi connectivity index (χ3n) is 5.83. The number of aromatic amines is 1. The summed E-state index contributed by atoms with van der Waals surface area (Å²) in [6.07, 6.45) is 1.28. The van der Waals surface area contributed by atoms with E-state index in [1.807, 2.05) is 12.1 Å². The standard InChI is InChI=1S/C21H27N3O4/c1-10(2)6-15-19-13(7-16-20(25)22-11(3)21(26)24(15)16)12-8-17(27-4)18(28-5)9-14(12)23-19/h8-11,15-16,23H,6-7H2,1-5H3,(H,22,25)/t11-,15?,16+/m0/s1. The van der Waals surface area contributed by atoms with E-state index in [0.29, 0.717) is 23.8 Å². The number of hydrogen-bond acceptors (Lipinski definition) is 4. The maximum atomic E-state index is 13.0. The molecule has 0 radical (unpaired) electrons. The molecule has 0 bridgehead atoms. The average molecular weight is 385 g/mol. The van der Waals surface area contributed by atoms with Crippen LogP contribution in [0.3, 0.4) is 0 Å². The normalized spacial score (nSPS) is 24.2. The van der Waals surface area contributed by atoms with Gasteiger partial charge in [0, 0.05) is 29.1 Å². The number of ether oxygens (including phenoxy) is 2. The van der Waals surface area contributed by atoms with E-state index in [9.17, 15) is 9.59 Å². The number of fused-ring (bicyclic) bond motifs is 4. The lowest BCUT2D eigenvalue weighted by Gasteiger charge is -2.46. The summed E-state index contributed by atoms with van der Waals surface area (Å²) in [5.41, 5.74) is 3.03. The van der Waals surface area contributed by atoms with Crippen molar-refractivity contribution in [2.45, 2.75) is 51.7 Å². The molecule has 150 valence electrons. The van der Waals surface area contributed by atoms with Crippen LogP contribution in [-0.2, 0) is 16.0 Å². The van der Waals surface area contributed by atoms with Crippen molar-refractivity contribution in [3.05, 3.63) is 23.4 Å². The Kier molecular flexibility index (Phi) is 4.48. The number of amides is 2. The highest BCUT2D eigenvalue weighted by Crippen LogP contribution is 2.43. The number of carbonyl (C=O) groups is 2. The molecule has 1 saturated heterocycles. The number of methoxy groups -OCH3 is 2. The Bertz CT molecular complexity index is 949. The number of nitrogens with one attached hydrogen (secondary N) is 2. The van der Waals surface area contributed by atoms with Crippen molar-refractivity contribution >= 4 is 22.7 Å². The first-order chi connectivity index (χ1) is 13.3. The van der Waals surface area contributed by atoms with Crippen molar-refractivity contribution in [1.82, 2.24) is 15.2 Å². The number of aromatic nitrogens is 1. The van der Waals surface area contributed by atoms with Gasteiger partial charge in [-0.1, -0.05) is 13.8 Å². The van der Waals surface area contributed by atoms with E-state index in [0.717, 1.165) is 28.6 Å². The first kappa shape index (κ1) is 18.7. The lowest BCUT2D eigenvalue weighted by atomic mass is 9.85.